The van der Waals surface area contributed by atoms with Crippen LogP contribution in [0.3, 0.4) is 0 Å². The molecule has 0 saturated carbocycles. The second-order valence-corrected chi connectivity index (χ2v) is 6.57. The lowest BCUT2D eigenvalue weighted by atomic mass is 10.1. The van der Waals surface area contributed by atoms with E-state index >= 15 is 0 Å². The average Bonchev–Trinajstić information content (AvgIpc) is 3.23. The first-order valence-corrected chi connectivity index (χ1v) is 9.32. The van der Waals surface area contributed by atoms with Crippen LogP contribution < -0.4 is 15.4 Å². The first-order chi connectivity index (χ1) is 13.7. The van der Waals surface area contributed by atoms with E-state index in [1.807, 2.05) is 23.0 Å². The van der Waals surface area contributed by atoms with Crippen molar-refractivity contribution in [1.29, 1.82) is 0 Å². The first kappa shape index (κ1) is 22.7. The Labute approximate surface area is 189 Å². The summed E-state index contributed by atoms with van der Waals surface area (Å²) in [4.78, 5) is 4.33. The third-order valence-electron chi connectivity index (χ3n) is 4.57. The summed E-state index contributed by atoms with van der Waals surface area (Å²) < 4.78 is 7.40. The van der Waals surface area contributed by atoms with Crippen molar-refractivity contribution in [2.45, 2.75) is 26.6 Å². The molecule has 0 aliphatic rings. The smallest absolute Gasteiger partial charge is 0.191 e. The molecule has 3 aromatic rings. The molecule has 154 valence electrons. The summed E-state index contributed by atoms with van der Waals surface area (Å²) in [6, 6.07) is 16.5. The summed E-state index contributed by atoms with van der Waals surface area (Å²) in [5.74, 6) is 1.63. The summed E-state index contributed by atoms with van der Waals surface area (Å²) in [5.41, 5.74) is 4.72. The maximum Gasteiger partial charge on any atom is 0.191 e. The van der Waals surface area contributed by atoms with Crippen molar-refractivity contribution in [3.63, 3.8) is 0 Å². The molecule has 7 heteroatoms. The zero-order valence-corrected chi connectivity index (χ0v) is 19.4. The van der Waals surface area contributed by atoms with E-state index in [1.54, 1.807) is 20.4 Å². The molecule has 29 heavy (non-hydrogen) atoms. The van der Waals surface area contributed by atoms with Crippen molar-refractivity contribution in [2.24, 2.45) is 4.99 Å². The molecule has 0 saturated heterocycles. The Bertz CT molecular complexity index is 925. The van der Waals surface area contributed by atoms with Gasteiger partial charge >= 0.3 is 0 Å². The Morgan fingerprint density at radius 2 is 1.76 bits per heavy atom. The molecule has 2 N–H and O–H groups in total. The highest BCUT2D eigenvalue weighted by atomic mass is 127. The maximum atomic E-state index is 5.48. The molecule has 0 aliphatic heterocycles. The number of benzene rings is 2. The Balaban J connectivity index is 0.00000300. The highest BCUT2D eigenvalue weighted by molar-refractivity contribution is 14.0. The molecule has 0 bridgehead atoms. The fourth-order valence-corrected chi connectivity index (χ4v) is 3.03. The van der Waals surface area contributed by atoms with Gasteiger partial charge in [-0.05, 0) is 35.7 Å². The molecule has 2 aromatic carbocycles. The van der Waals surface area contributed by atoms with Crippen LogP contribution in [0, 0.1) is 6.92 Å². The van der Waals surface area contributed by atoms with Crippen LogP contribution in [0.2, 0.25) is 0 Å². The number of rotatable bonds is 7. The van der Waals surface area contributed by atoms with E-state index < -0.39 is 0 Å². The van der Waals surface area contributed by atoms with Gasteiger partial charge < -0.3 is 15.4 Å². The van der Waals surface area contributed by atoms with Crippen molar-refractivity contribution < 1.29 is 4.74 Å². The third kappa shape index (κ3) is 6.49. The first-order valence-electron chi connectivity index (χ1n) is 9.32. The number of hydrogen-bond acceptors (Lipinski definition) is 3. The van der Waals surface area contributed by atoms with Gasteiger partial charge in [0.1, 0.15) is 5.75 Å². The highest BCUT2D eigenvalue weighted by Crippen LogP contribution is 2.19. The van der Waals surface area contributed by atoms with E-state index in [2.05, 4.69) is 64.0 Å². The highest BCUT2D eigenvalue weighted by Gasteiger charge is 2.07. The molecule has 1 heterocycles. The number of halogens is 1. The van der Waals surface area contributed by atoms with Crippen molar-refractivity contribution in [3.8, 4) is 5.75 Å². The summed E-state index contributed by atoms with van der Waals surface area (Å²) in [7, 11) is 3.47. The van der Waals surface area contributed by atoms with Crippen molar-refractivity contribution in [1.82, 2.24) is 20.4 Å². The summed E-state index contributed by atoms with van der Waals surface area (Å²) in [6.07, 6.45) is 3.77. The quantitative estimate of drug-likeness (QED) is 0.292. The van der Waals surface area contributed by atoms with E-state index in [-0.39, 0.29) is 24.0 Å². The van der Waals surface area contributed by atoms with Gasteiger partial charge in [-0.3, -0.25) is 9.67 Å². The van der Waals surface area contributed by atoms with Crippen LogP contribution >= 0.6 is 24.0 Å². The van der Waals surface area contributed by atoms with Crippen LogP contribution in [0.1, 0.15) is 22.3 Å². The third-order valence-corrected chi connectivity index (χ3v) is 4.57. The Morgan fingerprint density at radius 3 is 2.41 bits per heavy atom. The monoisotopic (exact) mass is 505 g/mol. The fraction of sp³-hybridized carbons (Fsp3) is 0.273. The normalized spacial score (nSPS) is 10.9. The van der Waals surface area contributed by atoms with Crippen LogP contribution in [0.4, 0.5) is 0 Å². The van der Waals surface area contributed by atoms with E-state index in [0.717, 1.165) is 23.8 Å². The average molecular weight is 505 g/mol. The largest absolute Gasteiger partial charge is 0.496 e. The van der Waals surface area contributed by atoms with Gasteiger partial charge in [0.2, 0.25) is 0 Å². The number of hydrogen-bond donors (Lipinski definition) is 2. The maximum absolute atomic E-state index is 5.48. The summed E-state index contributed by atoms with van der Waals surface area (Å²) in [6.45, 7) is 4.12. The van der Waals surface area contributed by atoms with Gasteiger partial charge in [-0.15, -0.1) is 24.0 Å². The lowest BCUT2D eigenvalue weighted by Gasteiger charge is -2.16. The van der Waals surface area contributed by atoms with Crippen LogP contribution in [0.25, 0.3) is 0 Å². The number of nitrogens with one attached hydrogen (secondary N) is 2. The summed E-state index contributed by atoms with van der Waals surface area (Å²) in [5, 5.41) is 11.0. The van der Waals surface area contributed by atoms with Crippen molar-refractivity contribution >= 4 is 29.9 Å². The predicted molar refractivity (Wildman–Crippen MR) is 128 cm³/mol. The Morgan fingerprint density at radius 1 is 1.03 bits per heavy atom. The molecule has 0 aliphatic carbocycles. The minimum atomic E-state index is 0. The van der Waals surface area contributed by atoms with Gasteiger partial charge in [0, 0.05) is 38.1 Å². The minimum absolute atomic E-state index is 0. The SMILES string of the molecule is CN=C(NCc1ccccc1Cn1cccn1)NCc1ccc(C)cc1OC.I. The molecule has 3 rings (SSSR count). The molecular weight excluding hydrogens is 477 g/mol. The minimum Gasteiger partial charge on any atom is -0.496 e. The molecule has 6 nitrogen and oxygen atoms in total. The van der Waals surface area contributed by atoms with E-state index in [4.69, 9.17) is 4.74 Å². The molecule has 0 atom stereocenters. The summed E-state index contributed by atoms with van der Waals surface area (Å²) >= 11 is 0. The lowest BCUT2D eigenvalue weighted by Crippen LogP contribution is -2.36. The van der Waals surface area contributed by atoms with Crippen LogP contribution in [0.5, 0.6) is 5.75 Å². The Kier molecular flexibility index (Phi) is 8.98. The number of aryl methyl sites for hydroxylation is 1. The zero-order valence-electron chi connectivity index (χ0n) is 17.1. The van der Waals surface area contributed by atoms with E-state index in [0.29, 0.717) is 13.1 Å². The van der Waals surface area contributed by atoms with Crippen LogP contribution in [0.15, 0.2) is 65.9 Å². The van der Waals surface area contributed by atoms with E-state index in [9.17, 15) is 0 Å². The molecule has 1 aromatic heterocycles. The Hall–Kier alpha value is -2.55. The number of guanidine groups is 1. The molecule has 0 amide bonds. The molecule has 0 fully saturated rings. The second kappa shape index (κ2) is 11.5. The lowest BCUT2D eigenvalue weighted by molar-refractivity contribution is 0.408. The van der Waals surface area contributed by atoms with Crippen molar-refractivity contribution in [3.05, 3.63) is 83.2 Å². The number of aromatic nitrogens is 2. The van der Waals surface area contributed by atoms with Crippen LogP contribution in [-0.2, 0) is 19.6 Å². The van der Waals surface area contributed by atoms with Crippen molar-refractivity contribution in [2.75, 3.05) is 14.2 Å². The predicted octanol–water partition coefficient (Wildman–Crippen LogP) is 3.73. The topological polar surface area (TPSA) is 63.5 Å². The van der Waals surface area contributed by atoms with Gasteiger partial charge in [0.25, 0.3) is 0 Å². The fourth-order valence-electron chi connectivity index (χ4n) is 3.03. The van der Waals surface area contributed by atoms with Gasteiger partial charge in [-0.2, -0.15) is 5.10 Å². The van der Waals surface area contributed by atoms with Gasteiger partial charge in [-0.25, -0.2) is 0 Å². The van der Waals surface area contributed by atoms with Gasteiger partial charge in [-0.1, -0.05) is 36.4 Å². The number of nitrogens with zero attached hydrogens (tertiary/aromatic N) is 3. The van der Waals surface area contributed by atoms with Crippen LogP contribution in [-0.4, -0.2) is 29.9 Å². The molecule has 0 spiro atoms. The molecular formula is C22H28IN5O. The van der Waals surface area contributed by atoms with Gasteiger partial charge in [0.05, 0.1) is 13.7 Å². The van der Waals surface area contributed by atoms with E-state index in [1.165, 1.54) is 16.7 Å². The second-order valence-electron chi connectivity index (χ2n) is 6.57. The number of aliphatic imine (C=N–C) groups is 1. The number of methoxy groups -OCH3 is 1. The van der Waals surface area contributed by atoms with Gasteiger partial charge in [0.15, 0.2) is 5.96 Å². The zero-order chi connectivity index (χ0) is 19.8. The number of ether oxygens (including phenoxy) is 1. The molecule has 0 radical (unpaired) electrons. The standard InChI is InChI=1S/C22H27N5O.HI/c1-17-9-10-19(21(13-17)28-3)15-25-22(23-2)24-14-18-7-4-5-8-20(18)16-27-12-6-11-26-27;/h4-13H,14-16H2,1-3H3,(H2,23,24,25);1H. The molecule has 0 unspecified atom stereocenters.